The van der Waals surface area contributed by atoms with Crippen molar-refractivity contribution < 1.29 is 19.3 Å². The second-order valence-electron chi connectivity index (χ2n) is 4.24. The molecular weight excluding hydrogens is 244 g/mol. The largest absolute Gasteiger partial charge is 0.501 e. The molecule has 0 aromatic heterocycles. The van der Waals surface area contributed by atoms with Crippen LogP contribution in [0.4, 0.5) is 0 Å². The Kier molecular flexibility index (Phi) is 4.60. The van der Waals surface area contributed by atoms with Crippen molar-refractivity contribution in [3.8, 4) is 5.75 Å². The highest BCUT2D eigenvalue weighted by Gasteiger charge is 2.19. The number of hydrogen-bond acceptors (Lipinski definition) is 4. The van der Waals surface area contributed by atoms with Crippen LogP contribution in [0.5, 0.6) is 5.75 Å². The fraction of sp³-hybridized carbons (Fsp3) is 0.333. The van der Waals surface area contributed by atoms with Gasteiger partial charge >= 0.3 is 0 Å². The average Bonchev–Trinajstić information content (AvgIpc) is 2.45. The normalized spacial score (nSPS) is 23.2. The Morgan fingerprint density at radius 1 is 1.21 bits per heavy atom. The SMILES string of the molecule is COC1=CC(O)OC(/C=C/c2ccc(OC)cc2)C1. The maximum atomic E-state index is 9.52. The molecule has 0 saturated carbocycles. The maximum Gasteiger partial charge on any atom is 0.178 e. The van der Waals surface area contributed by atoms with Gasteiger partial charge in [-0.2, -0.15) is 0 Å². The Morgan fingerprint density at radius 3 is 2.58 bits per heavy atom. The predicted octanol–water partition coefficient (Wildman–Crippen LogP) is 2.35. The Balaban J connectivity index is 2.00. The molecule has 1 aromatic carbocycles. The first-order valence-corrected chi connectivity index (χ1v) is 6.11. The Morgan fingerprint density at radius 2 is 1.95 bits per heavy atom. The zero-order valence-corrected chi connectivity index (χ0v) is 11.1. The lowest BCUT2D eigenvalue weighted by atomic mass is 10.1. The van der Waals surface area contributed by atoms with Gasteiger partial charge < -0.3 is 19.3 Å². The molecule has 1 aromatic rings. The minimum atomic E-state index is -0.908. The topological polar surface area (TPSA) is 47.9 Å². The van der Waals surface area contributed by atoms with Crippen molar-refractivity contribution in [3.63, 3.8) is 0 Å². The van der Waals surface area contributed by atoms with Crippen molar-refractivity contribution in [1.29, 1.82) is 0 Å². The van der Waals surface area contributed by atoms with Crippen LogP contribution in [0.3, 0.4) is 0 Å². The number of methoxy groups -OCH3 is 2. The van der Waals surface area contributed by atoms with E-state index in [4.69, 9.17) is 14.2 Å². The number of benzene rings is 1. The van der Waals surface area contributed by atoms with Gasteiger partial charge in [0.15, 0.2) is 6.29 Å². The molecular formula is C15H18O4. The molecule has 1 N–H and O–H groups in total. The van der Waals surface area contributed by atoms with E-state index in [-0.39, 0.29) is 6.10 Å². The molecule has 1 aliphatic heterocycles. The first-order chi connectivity index (χ1) is 9.21. The molecule has 2 rings (SSSR count). The van der Waals surface area contributed by atoms with Crippen molar-refractivity contribution in [2.45, 2.75) is 18.8 Å². The zero-order chi connectivity index (χ0) is 13.7. The van der Waals surface area contributed by atoms with Crippen molar-refractivity contribution in [2.24, 2.45) is 0 Å². The fourth-order valence-corrected chi connectivity index (χ4v) is 1.89. The quantitative estimate of drug-likeness (QED) is 0.904. The molecule has 4 heteroatoms. The number of aliphatic hydroxyl groups excluding tert-OH is 1. The van der Waals surface area contributed by atoms with E-state index in [1.54, 1.807) is 20.3 Å². The standard InChI is InChI=1S/C15H18O4/c1-17-12-6-3-11(4-7-12)5-8-13-9-14(18-2)10-15(16)19-13/h3-8,10,13,15-16H,9H2,1-2H3/b8-5+. The van der Waals surface area contributed by atoms with Crippen molar-refractivity contribution in [3.05, 3.63) is 47.7 Å². The highest BCUT2D eigenvalue weighted by molar-refractivity contribution is 5.51. The average molecular weight is 262 g/mol. The van der Waals surface area contributed by atoms with Gasteiger partial charge in [0.05, 0.1) is 26.1 Å². The zero-order valence-electron chi connectivity index (χ0n) is 11.1. The fourth-order valence-electron chi connectivity index (χ4n) is 1.89. The molecule has 2 unspecified atom stereocenters. The summed E-state index contributed by atoms with van der Waals surface area (Å²) in [5, 5.41) is 9.52. The summed E-state index contributed by atoms with van der Waals surface area (Å²) in [7, 11) is 3.23. The van der Waals surface area contributed by atoms with E-state index in [9.17, 15) is 5.11 Å². The summed E-state index contributed by atoms with van der Waals surface area (Å²) in [6, 6.07) is 7.72. The Labute approximate surface area is 112 Å². The summed E-state index contributed by atoms with van der Waals surface area (Å²) in [4.78, 5) is 0. The molecule has 0 aliphatic carbocycles. The minimum Gasteiger partial charge on any atom is -0.501 e. The molecule has 0 amide bonds. The Hall–Kier alpha value is -1.78. The van der Waals surface area contributed by atoms with Gasteiger partial charge in [0.1, 0.15) is 5.75 Å². The van der Waals surface area contributed by atoms with Crippen LogP contribution < -0.4 is 4.74 Å². The molecule has 1 aliphatic rings. The summed E-state index contributed by atoms with van der Waals surface area (Å²) in [5.74, 6) is 1.56. The molecule has 1 heterocycles. The van der Waals surface area contributed by atoms with Crippen LogP contribution >= 0.6 is 0 Å². The smallest absolute Gasteiger partial charge is 0.178 e. The van der Waals surface area contributed by atoms with E-state index in [2.05, 4.69) is 0 Å². The minimum absolute atomic E-state index is 0.183. The van der Waals surface area contributed by atoms with Crippen LogP contribution in [0.25, 0.3) is 6.08 Å². The first-order valence-electron chi connectivity index (χ1n) is 6.11. The lowest BCUT2D eigenvalue weighted by Crippen LogP contribution is -2.24. The molecule has 102 valence electrons. The van der Waals surface area contributed by atoms with Gasteiger partial charge in [0.2, 0.25) is 0 Å². The van der Waals surface area contributed by atoms with E-state index in [0.29, 0.717) is 6.42 Å². The molecule has 0 fully saturated rings. The molecule has 0 saturated heterocycles. The molecule has 2 atom stereocenters. The van der Waals surface area contributed by atoms with Crippen LogP contribution in [0.1, 0.15) is 12.0 Å². The number of aliphatic hydroxyl groups is 1. The summed E-state index contributed by atoms with van der Waals surface area (Å²) >= 11 is 0. The Bertz CT molecular complexity index is 462. The van der Waals surface area contributed by atoms with E-state index >= 15 is 0 Å². The monoisotopic (exact) mass is 262 g/mol. The van der Waals surface area contributed by atoms with Crippen molar-refractivity contribution in [2.75, 3.05) is 14.2 Å². The summed E-state index contributed by atoms with van der Waals surface area (Å²) in [6.45, 7) is 0. The summed E-state index contributed by atoms with van der Waals surface area (Å²) in [5.41, 5.74) is 1.05. The summed E-state index contributed by atoms with van der Waals surface area (Å²) in [6.07, 6.45) is 4.97. The third kappa shape index (κ3) is 3.84. The van der Waals surface area contributed by atoms with Gasteiger partial charge in [-0.05, 0) is 17.7 Å². The van der Waals surface area contributed by atoms with Crippen LogP contribution in [0.15, 0.2) is 42.2 Å². The molecule has 0 spiro atoms. The lowest BCUT2D eigenvalue weighted by Gasteiger charge is -2.23. The molecule has 4 nitrogen and oxygen atoms in total. The van der Waals surface area contributed by atoms with E-state index in [1.165, 1.54) is 0 Å². The number of ether oxygens (including phenoxy) is 3. The van der Waals surface area contributed by atoms with Gasteiger partial charge in [-0.25, -0.2) is 0 Å². The predicted molar refractivity (Wildman–Crippen MR) is 72.6 cm³/mol. The van der Waals surface area contributed by atoms with Gasteiger partial charge in [0.25, 0.3) is 0 Å². The molecule has 0 radical (unpaired) electrons. The van der Waals surface area contributed by atoms with Gasteiger partial charge in [-0.1, -0.05) is 24.3 Å². The second kappa shape index (κ2) is 6.41. The maximum absolute atomic E-state index is 9.52. The van der Waals surface area contributed by atoms with Gasteiger partial charge in [0, 0.05) is 12.5 Å². The number of rotatable bonds is 4. The van der Waals surface area contributed by atoms with E-state index in [0.717, 1.165) is 17.1 Å². The first kappa shape index (κ1) is 13.6. The van der Waals surface area contributed by atoms with Gasteiger partial charge in [-0.3, -0.25) is 0 Å². The van der Waals surface area contributed by atoms with E-state index in [1.807, 2.05) is 36.4 Å². The van der Waals surface area contributed by atoms with Crippen LogP contribution in [0, 0.1) is 0 Å². The molecule has 19 heavy (non-hydrogen) atoms. The van der Waals surface area contributed by atoms with Gasteiger partial charge in [-0.15, -0.1) is 0 Å². The van der Waals surface area contributed by atoms with Crippen molar-refractivity contribution in [1.82, 2.24) is 0 Å². The van der Waals surface area contributed by atoms with Crippen LogP contribution in [-0.4, -0.2) is 31.7 Å². The van der Waals surface area contributed by atoms with Crippen LogP contribution in [0.2, 0.25) is 0 Å². The third-order valence-corrected chi connectivity index (χ3v) is 2.93. The highest BCUT2D eigenvalue weighted by atomic mass is 16.6. The van der Waals surface area contributed by atoms with Crippen LogP contribution in [-0.2, 0) is 9.47 Å². The van der Waals surface area contributed by atoms with E-state index < -0.39 is 6.29 Å². The second-order valence-corrected chi connectivity index (χ2v) is 4.24. The highest BCUT2D eigenvalue weighted by Crippen LogP contribution is 2.20. The third-order valence-electron chi connectivity index (χ3n) is 2.93. The summed E-state index contributed by atoms with van der Waals surface area (Å²) < 4.78 is 15.6. The lowest BCUT2D eigenvalue weighted by molar-refractivity contribution is -0.103. The molecule has 0 bridgehead atoms. The number of hydrogen-bond donors (Lipinski definition) is 1. The van der Waals surface area contributed by atoms with Crippen molar-refractivity contribution >= 4 is 6.08 Å².